The Morgan fingerprint density at radius 1 is 1.19 bits per heavy atom. The van der Waals surface area contributed by atoms with Crippen molar-refractivity contribution < 1.29 is 9.53 Å². The summed E-state index contributed by atoms with van der Waals surface area (Å²) in [4.78, 5) is 22.7. The van der Waals surface area contributed by atoms with Crippen molar-refractivity contribution in [3.8, 4) is 0 Å². The molecule has 138 valence electrons. The molecule has 0 spiro atoms. The van der Waals surface area contributed by atoms with Crippen molar-refractivity contribution in [2.45, 2.75) is 0 Å². The van der Waals surface area contributed by atoms with Crippen LogP contribution in [0.1, 0.15) is 10.4 Å². The second-order valence-corrected chi connectivity index (χ2v) is 6.52. The van der Waals surface area contributed by atoms with E-state index < -0.39 is 0 Å². The van der Waals surface area contributed by atoms with E-state index in [9.17, 15) is 4.79 Å². The molecule has 1 aromatic heterocycles. The molecule has 2 N–H and O–H groups in total. The summed E-state index contributed by atoms with van der Waals surface area (Å²) in [5, 5.41) is 6.68. The summed E-state index contributed by atoms with van der Waals surface area (Å²) in [5.41, 5.74) is 0.997. The van der Waals surface area contributed by atoms with Gasteiger partial charge in [-0.15, -0.1) is 0 Å². The van der Waals surface area contributed by atoms with Gasteiger partial charge in [-0.2, -0.15) is 0 Å². The first-order chi connectivity index (χ1) is 12.6. The third kappa shape index (κ3) is 5.04. The van der Waals surface area contributed by atoms with Crippen LogP contribution < -0.4 is 10.6 Å². The molecule has 2 heterocycles. The fourth-order valence-electron chi connectivity index (χ4n) is 2.49. The first-order valence-electron chi connectivity index (χ1n) is 8.25. The van der Waals surface area contributed by atoms with Gasteiger partial charge in [0, 0.05) is 38.6 Å². The lowest BCUT2D eigenvalue weighted by atomic mass is 10.3. The number of carbonyl (C=O) groups excluding carboxylic acids is 1. The maximum atomic E-state index is 12.2. The van der Waals surface area contributed by atoms with Crippen LogP contribution in [0, 0.1) is 0 Å². The number of amides is 1. The first-order valence-corrected chi connectivity index (χ1v) is 9.00. The van der Waals surface area contributed by atoms with Gasteiger partial charge in [-0.25, -0.2) is 9.97 Å². The number of benzene rings is 1. The number of nitrogens with zero attached hydrogens (tertiary/aromatic N) is 3. The van der Waals surface area contributed by atoms with Gasteiger partial charge in [0.05, 0.1) is 34.5 Å². The molecule has 0 atom stereocenters. The van der Waals surface area contributed by atoms with E-state index >= 15 is 0 Å². The van der Waals surface area contributed by atoms with Crippen LogP contribution in [0.15, 0.2) is 30.6 Å². The number of ether oxygens (including phenoxy) is 1. The van der Waals surface area contributed by atoms with Gasteiger partial charge in [-0.3, -0.25) is 9.69 Å². The molecular weight excluding hydrogens is 377 g/mol. The summed E-state index contributed by atoms with van der Waals surface area (Å²) in [6.45, 7) is 4.64. The number of morpholine rings is 1. The Morgan fingerprint density at radius 3 is 2.65 bits per heavy atom. The Morgan fingerprint density at radius 2 is 1.92 bits per heavy atom. The zero-order valence-electron chi connectivity index (χ0n) is 14.0. The van der Waals surface area contributed by atoms with Crippen molar-refractivity contribution in [2.24, 2.45) is 0 Å². The highest BCUT2D eigenvalue weighted by Crippen LogP contribution is 2.30. The number of anilines is 2. The molecule has 3 rings (SSSR count). The minimum atomic E-state index is -0.203. The molecule has 1 saturated heterocycles. The third-order valence-electron chi connectivity index (χ3n) is 3.93. The molecule has 26 heavy (non-hydrogen) atoms. The van der Waals surface area contributed by atoms with Gasteiger partial charge in [0.15, 0.2) is 0 Å². The van der Waals surface area contributed by atoms with Crippen molar-refractivity contribution in [1.29, 1.82) is 0 Å². The zero-order valence-corrected chi connectivity index (χ0v) is 15.6. The Kier molecular flexibility index (Phi) is 6.62. The number of carbonyl (C=O) groups is 1. The molecule has 1 aliphatic rings. The highest BCUT2D eigenvalue weighted by atomic mass is 35.5. The Balaban J connectivity index is 1.51. The fourth-order valence-corrected chi connectivity index (χ4v) is 2.83. The van der Waals surface area contributed by atoms with Gasteiger partial charge in [-0.1, -0.05) is 29.3 Å². The number of aromatic nitrogens is 2. The average molecular weight is 396 g/mol. The van der Waals surface area contributed by atoms with Crippen LogP contribution in [0.4, 0.5) is 11.6 Å². The van der Waals surface area contributed by atoms with E-state index in [0.717, 1.165) is 32.8 Å². The molecule has 0 aliphatic carbocycles. The van der Waals surface area contributed by atoms with Gasteiger partial charge in [0.25, 0.3) is 5.91 Å². The number of nitrogens with one attached hydrogen (secondary N) is 2. The highest BCUT2D eigenvalue weighted by molar-refractivity contribution is 6.43. The van der Waals surface area contributed by atoms with Crippen molar-refractivity contribution >= 4 is 40.7 Å². The van der Waals surface area contributed by atoms with Crippen LogP contribution >= 0.6 is 23.2 Å². The van der Waals surface area contributed by atoms with Gasteiger partial charge in [0.1, 0.15) is 0 Å². The van der Waals surface area contributed by atoms with Crippen molar-refractivity contribution in [3.63, 3.8) is 0 Å². The second-order valence-electron chi connectivity index (χ2n) is 5.73. The van der Waals surface area contributed by atoms with Crippen molar-refractivity contribution in [2.75, 3.05) is 44.7 Å². The smallest absolute Gasteiger partial charge is 0.254 e. The van der Waals surface area contributed by atoms with Crippen molar-refractivity contribution in [1.82, 2.24) is 20.2 Å². The minimum absolute atomic E-state index is 0.203. The Labute approximate surface area is 161 Å². The predicted molar refractivity (Wildman–Crippen MR) is 101 cm³/mol. The van der Waals surface area contributed by atoms with Crippen LogP contribution in [0.3, 0.4) is 0 Å². The van der Waals surface area contributed by atoms with Gasteiger partial charge in [0.2, 0.25) is 5.95 Å². The molecule has 1 amide bonds. The monoisotopic (exact) mass is 395 g/mol. The van der Waals surface area contributed by atoms with E-state index in [1.54, 1.807) is 18.2 Å². The molecule has 9 heteroatoms. The van der Waals surface area contributed by atoms with Crippen LogP contribution in [0.25, 0.3) is 0 Å². The summed E-state index contributed by atoms with van der Waals surface area (Å²) in [6, 6.07) is 5.23. The SMILES string of the molecule is O=C(NCCN1CCOCC1)c1cnc(Nc2cccc(Cl)c2Cl)nc1. The summed E-state index contributed by atoms with van der Waals surface area (Å²) >= 11 is 12.1. The molecule has 0 radical (unpaired) electrons. The molecular formula is C17H19Cl2N5O2. The van der Waals surface area contributed by atoms with Crippen molar-refractivity contribution in [3.05, 3.63) is 46.2 Å². The quantitative estimate of drug-likeness (QED) is 0.782. The van der Waals surface area contributed by atoms with E-state index in [1.807, 2.05) is 0 Å². The summed E-state index contributed by atoms with van der Waals surface area (Å²) in [5.74, 6) is 0.129. The Bertz CT molecular complexity index is 751. The maximum absolute atomic E-state index is 12.2. The predicted octanol–water partition coefficient (Wildman–Crippen LogP) is 2.59. The molecule has 0 bridgehead atoms. The number of hydrogen-bond donors (Lipinski definition) is 2. The molecule has 1 aromatic carbocycles. The summed E-state index contributed by atoms with van der Waals surface area (Å²) in [7, 11) is 0. The van der Waals surface area contributed by atoms with E-state index in [-0.39, 0.29) is 5.91 Å². The Hall–Kier alpha value is -1.93. The molecule has 7 nitrogen and oxygen atoms in total. The summed E-state index contributed by atoms with van der Waals surface area (Å²) < 4.78 is 5.30. The number of hydrogen-bond acceptors (Lipinski definition) is 6. The van der Waals surface area contributed by atoms with Gasteiger partial charge >= 0.3 is 0 Å². The molecule has 2 aromatic rings. The van der Waals surface area contributed by atoms with Crippen LogP contribution in [-0.4, -0.2) is 60.2 Å². The average Bonchev–Trinajstić information content (AvgIpc) is 2.67. The lowest BCUT2D eigenvalue weighted by Gasteiger charge is -2.26. The van der Waals surface area contributed by atoms with E-state index in [0.29, 0.717) is 33.8 Å². The zero-order chi connectivity index (χ0) is 18.4. The topological polar surface area (TPSA) is 79.4 Å². The van der Waals surface area contributed by atoms with Crippen LogP contribution in [0.5, 0.6) is 0 Å². The number of rotatable bonds is 6. The standard InChI is InChI=1S/C17H19Cl2N5O2/c18-13-2-1-3-14(15(13)19)23-17-21-10-12(11-22-17)16(25)20-4-5-24-6-8-26-9-7-24/h1-3,10-11H,4-9H2,(H,20,25)(H,21,22,23). The normalized spacial score (nSPS) is 14.8. The lowest BCUT2D eigenvalue weighted by molar-refractivity contribution is 0.0383. The third-order valence-corrected chi connectivity index (χ3v) is 4.75. The lowest BCUT2D eigenvalue weighted by Crippen LogP contribution is -2.41. The maximum Gasteiger partial charge on any atom is 0.254 e. The van der Waals surface area contributed by atoms with E-state index in [2.05, 4.69) is 25.5 Å². The summed E-state index contributed by atoms with van der Waals surface area (Å²) in [6.07, 6.45) is 2.94. The van der Waals surface area contributed by atoms with Crippen LogP contribution in [0.2, 0.25) is 10.0 Å². The van der Waals surface area contributed by atoms with Gasteiger partial charge in [-0.05, 0) is 12.1 Å². The first kappa shape index (κ1) is 18.8. The molecule has 0 unspecified atom stereocenters. The van der Waals surface area contributed by atoms with Gasteiger partial charge < -0.3 is 15.4 Å². The minimum Gasteiger partial charge on any atom is -0.379 e. The molecule has 1 aliphatic heterocycles. The molecule has 0 saturated carbocycles. The highest BCUT2D eigenvalue weighted by Gasteiger charge is 2.12. The largest absolute Gasteiger partial charge is 0.379 e. The van der Waals surface area contributed by atoms with Crippen LogP contribution in [-0.2, 0) is 4.74 Å². The van der Waals surface area contributed by atoms with E-state index in [1.165, 1.54) is 12.4 Å². The number of halogens is 2. The fraction of sp³-hybridized carbons (Fsp3) is 0.353. The van der Waals surface area contributed by atoms with E-state index in [4.69, 9.17) is 27.9 Å². The molecule has 1 fully saturated rings. The second kappa shape index (κ2) is 9.14.